The Balaban J connectivity index is 1.49. The van der Waals surface area contributed by atoms with Gasteiger partial charge in [-0.15, -0.1) is 0 Å². The highest BCUT2D eigenvalue weighted by Gasteiger charge is 2.60. The SMILES string of the molecule is COCC12CNCC(=O)N1CC1(CCN(Cc3ccccc3)CC1)N2C. The average molecular weight is 358 g/mol. The first-order valence-electron chi connectivity index (χ1n) is 9.60. The van der Waals surface area contributed by atoms with E-state index in [1.807, 2.05) is 0 Å². The fraction of sp³-hybridized carbons (Fsp3) is 0.650. The van der Waals surface area contributed by atoms with Gasteiger partial charge >= 0.3 is 0 Å². The maximum Gasteiger partial charge on any atom is 0.238 e. The third kappa shape index (κ3) is 2.85. The van der Waals surface area contributed by atoms with Crippen LogP contribution in [0.15, 0.2) is 30.3 Å². The lowest BCUT2D eigenvalue weighted by atomic mass is 9.86. The molecular weight excluding hydrogens is 328 g/mol. The lowest BCUT2D eigenvalue weighted by Gasteiger charge is -2.49. The Hall–Kier alpha value is -1.47. The monoisotopic (exact) mass is 358 g/mol. The molecule has 6 heteroatoms. The fourth-order valence-corrected chi connectivity index (χ4v) is 5.09. The van der Waals surface area contributed by atoms with Crippen LogP contribution in [0.4, 0.5) is 0 Å². The van der Waals surface area contributed by atoms with Crippen LogP contribution in [0, 0.1) is 0 Å². The van der Waals surface area contributed by atoms with Crippen LogP contribution in [0.5, 0.6) is 0 Å². The first-order chi connectivity index (χ1) is 12.6. The van der Waals surface area contributed by atoms with Crippen molar-refractivity contribution < 1.29 is 9.53 Å². The molecule has 0 bridgehead atoms. The minimum atomic E-state index is -0.342. The number of ether oxygens (including phenoxy) is 1. The number of piperidine rings is 1. The molecule has 1 amide bonds. The van der Waals surface area contributed by atoms with Gasteiger partial charge in [0, 0.05) is 45.4 Å². The molecule has 0 aliphatic carbocycles. The summed E-state index contributed by atoms with van der Waals surface area (Å²) in [6.45, 7) is 5.74. The molecule has 4 rings (SSSR count). The minimum Gasteiger partial charge on any atom is -0.381 e. The molecule has 3 aliphatic rings. The van der Waals surface area contributed by atoms with E-state index in [0.29, 0.717) is 13.2 Å². The number of likely N-dealkylation sites (tertiary alicyclic amines) is 1. The Bertz CT molecular complexity index is 640. The number of piperazine rings is 1. The summed E-state index contributed by atoms with van der Waals surface area (Å²) < 4.78 is 5.55. The molecule has 3 fully saturated rings. The Morgan fingerprint density at radius 1 is 1.19 bits per heavy atom. The Labute approximate surface area is 156 Å². The van der Waals surface area contributed by atoms with Gasteiger partial charge in [-0.1, -0.05) is 30.3 Å². The summed E-state index contributed by atoms with van der Waals surface area (Å²) >= 11 is 0. The van der Waals surface area contributed by atoms with Crippen molar-refractivity contribution in [1.82, 2.24) is 20.0 Å². The van der Waals surface area contributed by atoms with Crippen molar-refractivity contribution in [1.29, 1.82) is 0 Å². The number of rotatable bonds is 4. The Morgan fingerprint density at radius 2 is 1.92 bits per heavy atom. The van der Waals surface area contributed by atoms with E-state index in [1.165, 1.54) is 5.56 Å². The summed E-state index contributed by atoms with van der Waals surface area (Å²) in [5.41, 5.74) is 1.09. The zero-order chi connectivity index (χ0) is 18.2. The number of benzene rings is 1. The third-order valence-electron chi connectivity index (χ3n) is 6.69. The number of nitrogens with zero attached hydrogens (tertiary/aromatic N) is 3. The van der Waals surface area contributed by atoms with Crippen LogP contribution in [0.25, 0.3) is 0 Å². The van der Waals surface area contributed by atoms with Gasteiger partial charge in [0.25, 0.3) is 0 Å². The van der Waals surface area contributed by atoms with Crippen LogP contribution in [-0.2, 0) is 16.1 Å². The molecule has 3 heterocycles. The lowest BCUT2D eigenvalue weighted by molar-refractivity contribution is -0.147. The van der Waals surface area contributed by atoms with E-state index in [0.717, 1.165) is 45.6 Å². The zero-order valence-corrected chi connectivity index (χ0v) is 15.9. The standard InChI is InChI=1S/C20H30N4O2/c1-22-19(15-24-18(25)12-21-14-20(22,24)16-26-2)8-10-23(11-9-19)13-17-6-4-3-5-7-17/h3-7,21H,8-16H2,1-2H3. The van der Waals surface area contributed by atoms with Gasteiger partial charge in [-0.2, -0.15) is 0 Å². The van der Waals surface area contributed by atoms with E-state index >= 15 is 0 Å². The van der Waals surface area contributed by atoms with Crippen molar-refractivity contribution in [3.63, 3.8) is 0 Å². The van der Waals surface area contributed by atoms with E-state index in [-0.39, 0.29) is 17.1 Å². The number of hydrogen-bond acceptors (Lipinski definition) is 5. The third-order valence-corrected chi connectivity index (χ3v) is 6.69. The van der Waals surface area contributed by atoms with Crippen LogP contribution in [-0.4, -0.2) is 85.3 Å². The molecule has 0 aromatic heterocycles. The Kier molecular flexibility index (Phi) is 4.77. The smallest absolute Gasteiger partial charge is 0.238 e. The van der Waals surface area contributed by atoms with Gasteiger partial charge in [0.15, 0.2) is 0 Å². The topological polar surface area (TPSA) is 48.1 Å². The normalized spacial score (nSPS) is 29.3. The summed E-state index contributed by atoms with van der Waals surface area (Å²) in [7, 11) is 3.92. The summed E-state index contributed by atoms with van der Waals surface area (Å²) in [6, 6.07) is 10.7. The number of methoxy groups -OCH3 is 1. The van der Waals surface area contributed by atoms with Gasteiger partial charge in [-0.3, -0.25) is 14.6 Å². The highest BCUT2D eigenvalue weighted by Crippen LogP contribution is 2.43. The number of likely N-dealkylation sites (N-methyl/N-ethyl adjacent to an activating group) is 1. The number of carbonyl (C=O) groups excluding carboxylic acids is 1. The van der Waals surface area contributed by atoms with Gasteiger partial charge in [-0.25, -0.2) is 0 Å². The molecule has 0 radical (unpaired) electrons. The molecule has 1 aromatic carbocycles. The van der Waals surface area contributed by atoms with E-state index < -0.39 is 0 Å². The van der Waals surface area contributed by atoms with Gasteiger partial charge in [0.1, 0.15) is 5.66 Å². The molecule has 26 heavy (non-hydrogen) atoms. The van der Waals surface area contributed by atoms with E-state index in [9.17, 15) is 4.79 Å². The number of nitrogens with one attached hydrogen (secondary N) is 1. The highest BCUT2D eigenvalue weighted by atomic mass is 16.5. The highest BCUT2D eigenvalue weighted by molar-refractivity contribution is 5.80. The molecule has 1 atom stereocenters. The quantitative estimate of drug-likeness (QED) is 0.860. The van der Waals surface area contributed by atoms with Gasteiger partial charge in [0.05, 0.1) is 13.2 Å². The number of carbonyl (C=O) groups is 1. The molecule has 1 spiro atoms. The first-order valence-corrected chi connectivity index (χ1v) is 9.60. The summed E-state index contributed by atoms with van der Waals surface area (Å²) in [5, 5.41) is 3.30. The van der Waals surface area contributed by atoms with Crippen LogP contribution < -0.4 is 5.32 Å². The predicted molar refractivity (Wildman–Crippen MR) is 101 cm³/mol. The van der Waals surface area contributed by atoms with Crippen LogP contribution >= 0.6 is 0 Å². The van der Waals surface area contributed by atoms with Gasteiger partial charge < -0.3 is 15.0 Å². The first kappa shape index (κ1) is 17.9. The molecule has 6 nitrogen and oxygen atoms in total. The minimum absolute atomic E-state index is 0.0629. The molecule has 142 valence electrons. The van der Waals surface area contributed by atoms with Crippen molar-refractivity contribution in [3.8, 4) is 0 Å². The molecule has 0 saturated carbocycles. The lowest BCUT2D eigenvalue weighted by Crippen LogP contribution is -2.69. The molecule has 1 aromatic rings. The summed E-state index contributed by atoms with van der Waals surface area (Å²) in [6.07, 6.45) is 2.18. The van der Waals surface area contributed by atoms with Crippen LogP contribution in [0.3, 0.4) is 0 Å². The predicted octanol–water partition coefficient (Wildman–Crippen LogP) is 0.741. The van der Waals surface area contributed by atoms with Gasteiger partial charge in [0.2, 0.25) is 5.91 Å². The van der Waals surface area contributed by atoms with Crippen molar-refractivity contribution in [2.75, 3.05) is 53.5 Å². The fourth-order valence-electron chi connectivity index (χ4n) is 5.09. The molecule has 1 N–H and O–H groups in total. The molecule has 3 saturated heterocycles. The van der Waals surface area contributed by atoms with Crippen LogP contribution in [0.2, 0.25) is 0 Å². The second-order valence-corrected chi connectivity index (χ2v) is 8.04. The van der Waals surface area contributed by atoms with E-state index in [2.05, 4.69) is 57.4 Å². The largest absolute Gasteiger partial charge is 0.381 e. The molecule has 1 unspecified atom stereocenters. The Morgan fingerprint density at radius 3 is 2.62 bits per heavy atom. The van der Waals surface area contributed by atoms with E-state index in [1.54, 1.807) is 7.11 Å². The summed E-state index contributed by atoms with van der Waals surface area (Å²) in [4.78, 5) is 19.7. The van der Waals surface area contributed by atoms with Crippen molar-refractivity contribution >= 4 is 5.91 Å². The second kappa shape index (κ2) is 6.93. The molecule has 3 aliphatic heterocycles. The van der Waals surface area contributed by atoms with Crippen molar-refractivity contribution in [3.05, 3.63) is 35.9 Å². The second-order valence-electron chi connectivity index (χ2n) is 8.04. The van der Waals surface area contributed by atoms with Crippen LogP contribution in [0.1, 0.15) is 18.4 Å². The summed E-state index contributed by atoms with van der Waals surface area (Å²) in [5.74, 6) is 0.198. The maximum absolute atomic E-state index is 12.6. The van der Waals surface area contributed by atoms with E-state index in [4.69, 9.17) is 4.74 Å². The number of fused-ring (bicyclic) bond motifs is 1. The maximum atomic E-state index is 12.6. The number of amides is 1. The van der Waals surface area contributed by atoms with Crippen molar-refractivity contribution in [2.24, 2.45) is 0 Å². The van der Waals surface area contributed by atoms with Crippen molar-refractivity contribution in [2.45, 2.75) is 30.6 Å². The zero-order valence-electron chi connectivity index (χ0n) is 15.9. The average Bonchev–Trinajstić information content (AvgIpc) is 2.89. The van der Waals surface area contributed by atoms with Gasteiger partial charge in [-0.05, 0) is 25.5 Å². The molecular formula is C20H30N4O2. The number of hydrogen-bond donors (Lipinski definition) is 1.